The molecule has 1 aliphatic carbocycles. The summed E-state index contributed by atoms with van der Waals surface area (Å²) in [5.41, 5.74) is 1.63. The third kappa shape index (κ3) is 3.16. The van der Waals surface area contributed by atoms with E-state index in [0.29, 0.717) is 18.0 Å². The minimum absolute atomic E-state index is 0.507. The summed E-state index contributed by atoms with van der Waals surface area (Å²) in [5.74, 6) is 0.715. The Balaban J connectivity index is 2.04. The molecule has 0 bridgehead atoms. The number of thiophene rings is 1. The molecule has 0 radical (unpaired) electrons. The average molecular weight is 265 g/mol. The molecule has 1 aliphatic rings. The van der Waals surface area contributed by atoms with Crippen molar-refractivity contribution in [1.29, 1.82) is 0 Å². The molecule has 2 heteroatoms. The second kappa shape index (κ2) is 6.21. The lowest BCUT2D eigenvalue weighted by molar-refractivity contribution is 0.358. The highest BCUT2D eigenvalue weighted by Gasteiger charge is 2.19. The molecular formula is C16H27NS. The minimum atomic E-state index is 0.507. The molecule has 1 N–H and O–H groups in total. The first kappa shape index (κ1) is 14.1. The lowest BCUT2D eigenvalue weighted by atomic mass is 9.98. The smallest absolute Gasteiger partial charge is 0.0388 e. The van der Waals surface area contributed by atoms with Gasteiger partial charge in [0.2, 0.25) is 0 Å². The number of fused-ring (bicyclic) bond motifs is 1. The highest BCUT2D eigenvalue weighted by molar-refractivity contribution is 7.12. The van der Waals surface area contributed by atoms with Crippen LogP contribution < -0.4 is 5.32 Å². The molecular weight excluding hydrogens is 238 g/mol. The molecule has 1 heterocycles. The molecule has 0 aromatic carbocycles. The third-order valence-electron chi connectivity index (χ3n) is 4.15. The van der Waals surface area contributed by atoms with Gasteiger partial charge in [-0.2, -0.15) is 0 Å². The number of hydrogen-bond donors (Lipinski definition) is 1. The van der Waals surface area contributed by atoms with Gasteiger partial charge in [-0.3, -0.25) is 0 Å². The van der Waals surface area contributed by atoms with Gasteiger partial charge in [-0.15, -0.1) is 11.3 Å². The third-order valence-corrected chi connectivity index (χ3v) is 5.57. The van der Waals surface area contributed by atoms with Crippen LogP contribution in [0.1, 0.15) is 68.3 Å². The van der Waals surface area contributed by atoms with Crippen molar-refractivity contribution in [3.8, 4) is 0 Å². The molecule has 0 saturated heterocycles. The van der Waals surface area contributed by atoms with E-state index < -0.39 is 0 Å². The zero-order valence-electron chi connectivity index (χ0n) is 12.3. The Morgan fingerprint density at radius 1 is 1.22 bits per heavy atom. The number of nitrogens with one attached hydrogen (secondary N) is 1. The quantitative estimate of drug-likeness (QED) is 0.813. The molecule has 0 spiro atoms. The van der Waals surface area contributed by atoms with Crippen LogP contribution in [0.5, 0.6) is 0 Å². The molecule has 1 aromatic rings. The van der Waals surface area contributed by atoms with E-state index in [1.165, 1.54) is 32.1 Å². The van der Waals surface area contributed by atoms with E-state index in [-0.39, 0.29) is 0 Å². The fourth-order valence-electron chi connectivity index (χ4n) is 2.91. The van der Waals surface area contributed by atoms with Gasteiger partial charge in [0.15, 0.2) is 0 Å². The fraction of sp³-hybridized carbons (Fsp3) is 0.750. The zero-order chi connectivity index (χ0) is 13.1. The van der Waals surface area contributed by atoms with Crippen LogP contribution in [0.2, 0.25) is 0 Å². The van der Waals surface area contributed by atoms with Crippen molar-refractivity contribution < 1.29 is 0 Å². The lowest BCUT2D eigenvalue weighted by Crippen LogP contribution is -2.34. The van der Waals surface area contributed by atoms with Crippen molar-refractivity contribution in [3.63, 3.8) is 0 Å². The topological polar surface area (TPSA) is 12.0 Å². The molecule has 18 heavy (non-hydrogen) atoms. The summed E-state index contributed by atoms with van der Waals surface area (Å²) in [7, 11) is 0. The van der Waals surface area contributed by atoms with Crippen molar-refractivity contribution in [3.05, 3.63) is 21.4 Å². The van der Waals surface area contributed by atoms with Gasteiger partial charge in [0, 0.05) is 21.8 Å². The highest BCUT2D eigenvalue weighted by atomic mass is 32.1. The van der Waals surface area contributed by atoms with Gasteiger partial charge in [0.25, 0.3) is 0 Å². The maximum Gasteiger partial charge on any atom is 0.0388 e. The summed E-state index contributed by atoms with van der Waals surface area (Å²) in [5, 5.41) is 3.80. The van der Waals surface area contributed by atoms with Crippen molar-refractivity contribution in [1.82, 2.24) is 5.32 Å². The second-order valence-electron chi connectivity index (χ2n) is 5.95. The normalized spacial score (nSPS) is 18.7. The highest BCUT2D eigenvalue weighted by Crippen LogP contribution is 2.33. The molecule has 0 saturated carbocycles. The Kier molecular flexibility index (Phi) is 4.85. The molecule has 2 unspecified atom stereocenters. The maximum absolute atomic E-state index is 3.80. The molecule has 102 valence electrons. The van der Waals surface area contributed by atoms with Crippen LogP contribution in [0.15, 0.2) is 6.07 Å². The maximum atomic E-state index is 3.80. The van der Waals surface area contributed by atoms with Gasteiger partial charge in [-0.1, -0.05) is 20.8 Å². The summed E-state index contributed by atoms with van der Waals surface area (Å²) in [6.45, 7) is 9.23. The molecule has 2 rings (SSSR count). The Hall–Kier alpha value is -0.340. The fourth-order valence-corrected chi connectivity index (χ4v) is 4.18. The van der Waals surface area contributed by atoms with Crippen LogP contribution in [-0.2, 0) is 12.8 Å². The first-order valence-electron chi connectivity index (χ1n) is 7.49. The number of hydrogen-bond acceptors (Lipinski definition) is 2. The van der Waals surface area contributed by atoms with E-state index in [1.54, 1.807) is 15.3 Å². The van der Waals surface area contributed by atoms with Gasteiger partial charge < -0.3 is 5.32 Å². The van der Waals surface area contributed by atoms with E-state index >= 15 is 0 Å². The van der Waals surface area contributed by atoms with Gasteiger partial charge in [-0.05, 0) is 56.6 Å². The number of aryl methyl sites for hydroxylation is 2. The van der Waals surface area contributed by atoms with Crippen molar-refractivity contribution in [2.45, 2.75) is 71.9 Å². The Morgan fingerprint density at radius 3 is 2.56 bits per heavy atom. The predicted octanol–water partition coefficient (Wildman–Crippen LogP) is 4.71. The van der Waals surface area contributed by atoms with Crippen LogP contribution in [-0.4, -0.2) is 6.04 Å². The minimum Gasteiger partial charge on any atom is -0.306 e. The summed E-state index contributed by atoms with van der Waals surface area (Å²) in [6, 6.07) is 3.61. The van der Waals surface area contributed by atoms with Crippen LogP contribution in [0, 0.1) is 5.92 Å². The van der Waals surface area contributed by atoms with E-state index in [0.717, 1.165) is 0 Å². The largest absolute Gasteiger partial charge is 0.306 e. The SMILES string of the molecule is CCC(NC(C)c1cc2c(s1)CCCC2)C(C)C. The van der Waals surface area contributed by atoms with Crippen molar-refractivity contribution in [2.75, 3.05) is 0 Å². The summed E-state index contributed by atoms with van der Waals surface area (Å²) >= 11 is 2.05. The van der Waals surface area contributed by atoms with E-state index in [2.05, 4.69) is 39.1 Å². The summed E-state index contributed by atoms with van der Waals surface area (Å²) in [6.07, 6.45) is 6.61. The Morgan fingerprint density at radius 2 is 1.94 bits per heavy atom. The predicted molar refractivity (Wildman–Crippen MR) is 81.4 cm³/mol. The lowest BCUT2D eigenvalue weighted by Gasteiger charge is -2.24. The Bertz CT molecular complexity index is 357. The van der Waals surface area contributed by atoms with Gasteiger partial charge in [0.05, 0.1) is 0 Å². The molecule has 2 atom stereocenters. The van der Waals surface area contributed by atoms with E-state index in [1.807, 2.05) is 11.3 Å². The summed E-state index contributed by atoms with van der Waals surface area (Å²) in [4.78, 5) is 3.20. The Labute approximate surface area is 116 Å². The van der Waals surface area contributed by atoms with Crippen molar-refractivity contribution in [2.24, 2.45) is 5.92 Å². The van der Waals surface area contributed by atoms with Crippen LogP contribution in [0.25, 0.3) is 0 Å². The molecule has 0 aliphatic heterocycles. The molecule has 0 amide bonds. The zero-order valence-corrected chi connectivity index (χ0v) is 13.1. The van der Waals surface area contributed by atoms with E-state index in [4.69, 9.17) is 0 Å². The first-order chi connectivity index (χ1) is 8.61. The molecule has 1 nitrogen and oxygen atoms in total. The van der Waals surface area contributed by atoms with Gasteiger partial charge >= 0.3 is 0 Å². The summed E-state index contributed by atoms with van der Waals surface area (Å²) < 4.78 is 0. The van der Waals surface area contributed by atoms with E-state index in [9.17, 15) is 0 Å². The number of rotatable bonds is 5. The van der Waals surface area contributed by atoms with Crippen LogP contribution in [0.4, 0.5) is 0 Å². The monoisotopic (exact) mass is 265 g/mol. The second-order valence-corrected chi connectivity index (χ2v) is 7.12. The first-order valence-corrected chi connectivity index (χ1v) is 8.31. The van der Waals surface area contributed by atoms with Crippen LogP contribution >= 0.6 is 11.3 Å². The van der Waals surface area contributed by atoms with Crippen molar-refractivity contribution >= 4 is 11.3 Å². The average Bonchev–Trinajstić information content (AvgIpc) is 2.79. The molecule has 1 aromatic heterocycles. The van der Waals surface area contributed by atoms with Crippen LogP contribution in [0.3, 0.4) is 0 Å². The molecule has 0 fully saturated rings. The standard InChI is InChI=1S/C16H27NS/c1-5-14(11(2)3)17-12(4)16-10-13-8-6-7-9-15(13)18-16/h10-12,14,17H,5-9H2,1-4H3. The van der Waals surface area contributed by atoms with Gasteiger partial charge in [0.1, 0.15) is 0 Å². The van der Waals surface area contributed by atoms with Gasteiger partial charge in [-0.25, -0.2) is 0 Å².